The summed E-state index contributed by atoms with van der Waals surface area (Å²) in [6, 6.07) is 10.3. The summed E-state index contributed by atoms with van der Waals surface area (Å²) in [6.45, 7) is 4.16. The number of fused-ring (bicyclic) bond motifs is 1. The average Bonchev–Trinajstić information content (AvgIpc) is 3.15. The summed E-state index contributed by atoms with van der Waals surface area (Å²) in [4.78, 5) is 16.2. The summed E-state index contributed by atoms with van der Waals surface area (Å²) < 4.78 is 14.8. The number of amides is 1. The van der Waals surface area contributed by atoms with Crippen molar-refractivity contribution in [1.29, 1.82) is 0 Å². The Bertz CT molecular complexity index is 947. The molecule has 1 aliphatic rings. The summed E-state index contributed by atoms with van der Waals surface area (Å²) in [5.74, 6) is -0.349. The molecule has 122 valence electrons. The number of rotatable bonds is 3. The number of nitrogens with zero attached hydrogens (tertiary/aromatic N) is 2. The molecule has 1 amide bonds. The van der Waals surface area contributed by atoms with Crippen molar-refractivity contribution in [2.45, 2.75) is 26.4 Å². The molecule has 2 heterocycles. The van der Waals surface area contributed by atoms with Crippen LogP contribution in [-0.2, 0) is 4.79 Å². The summed E-state index contributed by atoms with van der Waals surface area (Å²) in [7, 11) is 0. The Labute approximate surface area is 139 Å². The maximum Gasteiger partial charge on any atom is 0.231 e. The van der Waals surface area contributed by atoms with Gasteiger partial charge in [-0.25, -0.2) is 9.37 Å². The highest BCUT2D eigenvalue weighted by molar-refractivity contribution is 5.94. The first-order valence-corrected chi connectivity index (χ1v) is 8.02. The van der Waals surface area contributed by atoms with Crippen molar-refractivity contribution >= 4 is 17.4 Å². The van der Waals surface area contributed by atoms with Gasteiger partial charge in [0, 0.05) is 6.20 Å². The van der Waals surface area contributed by atoms with Gasteiger partial charge in [0.05, 0.1) is 12.1 Å². The predicted molar refractivity (Wildman–Crippen MR) is 91.7 cm³/mol. The molecule has 1 aliphatic carbocycles. The van der Waals surface area contributed by atoms with Gasteiger partial charge < -0.3 is 9.72 Å². The highest BCUT2D eigenvalue weighted by atomic mass is 19.1. The maximum atomic E-state index is 13.0. The molecule has 0 bridgehead atoms. The van der Waals surface area contributed by atoms with Crippen LogP contribution in [0.1, 0.15) is 17.5 Å². The number of aryl methyl sites for hydroxylation is 2. The molecule has 3 aromatic rings. The van der Waals surface area contributed by atoms with Gasteiger partial charge in [-0.2, -0.15) is 0 Å². The average molecular weight is 323 g/mol. The van der Waals surface area contributed by atoms with Crippen LogP contribution in [0.25, 0.3) is 16.8 Å². The second-order valence-electron chi connectivity index (χ2n) is 6.48. The normalized spacial score (nSPS) is 19.5. The molecular weight excluding hydrogens is 305 g/mol. The number of carbonyl (C=O) groups is 1. The number of hydrogen-bond donors (Lipinski definition) is 1. The maximum absolute atomic E-state index is 13.0. The standard InChI is InChI=1S/C19H18FN3O/c1-11-3-4-12(2)14(7-11)13-5-6-18-21-17(10-23(18)9-13)22-19(24)15-8-16(15)20/h3-7,9-10,15-16H,8H2,1-2H3,(H,22,24). The molecule has 2 unspecified atom stereocenters. The lowest BCUT2D eigenvalue weighted by molar-refractivity contribution is -0.117. The fraction of sp³-hybridized carbons (Fsp3) is 0.263. The van der Waals surface area contributed by atoms with Crippen molar-refractivity contribution < 1.29 is 9.18 Å². The Morgan fingerprint density at radius 3 is 2.79 bits per heavy atom. The molecule has 0 spiro atoms. The molecule has 0 saturated heterocycles. The predicted octanol–water partition coefficient (Wildman–Crippen LogP) is 3.91. The summed E-state index contributed by atoms with van der Waals surface area (Å²) in [6.07, 6.45) is 3.07. The molecule has 1 aromatic carbocycles. The lowest BCUT2D eigenvalue weighted by Gasteiger charge is -2.07. The first-order valence-electron chi connectivity index (χ1n) is 8.02. The number of hydrogen-bond acceptors (Lipinski definition) is 2. The van der Waals surface area contributed by atoms with Gasteiger partial charge in [0.15, 0.2) is 5.82 Å². The van der Waals surface area contributed by atoms with Gasteiger partial charge in [0.1, 0.15) is 11.8 Å². The van der Waals surface area contributed by atoms with Crippen LogP contribution in [-0.4, -0.2) is 21.5 Å². The van der Waals surface area contributed by atoms with Crippen LogP contribution in [0.4, 0.5) is 10.2 Å². The Kier molecular flexibility index (Phi) is 3.37. The Balaban J connectivity index is 1.66. The number of anilines is 1. The molecular formula is C19H18FN3O. The fourth-order valence-corrected chi connectivity index (χ4v) is 2.91. The van der Waals surface area contributed by atoms with Crippen LogP contribution < -0.4 is 5.32 Å². The van der Waals surface area contributed by atoms with Gasteiger partial charge in [-0.15, -0.1) is 0 Å². The first kappa shape index (κ1) is 14.9. The van der Waals surface area contributed by atoms with Crippen molar-refractivity contribution in [2.75, 3.05) is 5.32 Å². The molecule has 1 N–H and O–H groups in total. The second kappa shape index (κ2) is 5.44. The molecule has 0 aliphatic heterocycles. The highest BCUT2D eigenvalue weighted by Crippen LogP contribution is 2.34. The topological polar surface area (TPSA) is 46.4 Å². The van der Waals surface area contributed by atoms with E-state index in [1.54, 1.807) is 6.20 Å². The second-order valence-corrected chi connectivity index (χ2v) is 6.48. The third-order valence-corrected chi connectivity index (χ3v) is 4.46. The zero-order chi connectivity index (χ0) is 16.8. The van der Waals surface area contributed by atoms with Crippen molar-refractivity contribution in [2.24, 2.45) is 5.92 Å². The SMILES string of the molecule is Cc1ccc(C)c(-c2ccc3nc(NC(=O)C4CC4F)cn3c2)c1. The van der Waals surface area contributed by atoms with Crippen LogP contribution in [0.2, 0.25) is 0 Å². The zero-order valence-corrected chi connectivity index (χ0v) is 13.6. The fourth-order valence-electron chi connectivity index (χ4n) is 2.91. The monoisotopic (exact) mass is 323 g/mol. The molecule has 2 atom stereocenters. The van der Waals surface area contributed by atoms with Gasteiger partial charge in [-0.3, -0.25) is 4.79 Å². The highest BCUT2D eigenvalue weighted by Gasteiger charge is 2.43. The van der Waals surface area contributed by atoms with Crippen molar-refractivity contribution in [3.8, 4) is 11.1 Å². The summed E-state index contributed by atoms with van der Waals surface area (Å²) in [5.41, 5.74) is 5.42. The quantitative estimate of drug-likeness (QED) is 0.794. The summed E-state index contributed by atoms with van der Waals surface area (Å²) >= 11 is 0. The molecule has 4 rings (SSSR count). The van der Waals surface area contributed by atoms with Crippen LogP contribution in [0.15, 0.2) is 42.7 Å². The van der Waals surface area contributed by atoms with Crippen LogP contribution in [0.3, 0.4) is 0 Å². The zero-order valence-electron chi connectivity index (χ0n) is 13.6. The van der Waals surface area contributed by atoms with E-state index >= 15 is 0 Å². The number of aromatic nitrogens is 2. The Morgan fingerprint density at radius 1 is 1.25 bits per heavy atom. The van der Waals surface area contributed by atoms with E-state index in [2.05, 4.69) is 42.3 Å². The van der Waals surface area contributed by atoms with Crippen molar-refractivity contribution in [3.05, 3.63) is 53.9 Å². The Hall–Kier alpha value is -2.69. The third kappa shape index (κ3) is 2.66. The van der Waals surface area contributed by atoms with Gasteiger partial charge in [0.25, 0.3) is 0 Å². The Morgan fingerprint density at radius 2 is 2.04 bits per heavy atom. The van der Waals surface area contributed by atoms with Gasteiger partial charge >= 0.3 is 0 Å². The number of nitrogens with one attached hydrogen (secondary N) is 1. The smallest absolute Gasteiger partial charge is 0.231 e. The lowest BCUT2D eigenvalue weighted by atomic mass is 10.00. The minimum Gasteiger partial charge on any atom is -0.309 e. The lowest BCUT2D eigenvalue weighted by Crippen LogP contribution is -2.15. The first-order chi connectivity index (χ1) is 11.5. The third-order valence-electron chi connectivity index (χ3n) is 4.46. The number of alkyl halides is 1. The molecule has 24 heavy (non-hydrogen) atoms. The minimum atomic E-state index is -1.00. The number of imidazole rings is 1. The van der Waals surface area contributed by atoms with Crippen molar-refractivity contribution in [3.63, 3.8) is 0 Å². The van der Waals surface area contributed by atoms with E-state index in [1.165, 1.54) is 16.7 Å². The number of benzene rings is 1. The molecule has 1 saturated carbocycles. The molecule has 4 nitrogen and oxygen atoms in total. The van der Waals surface area contributed by atoms with E-state index in [1.807, 2.05) is 22.7 Å². The van der Waals surface area contributed by atoms with E-state index in [4.69, 9.17) is 0 Å². The molecule has 1 fully saturated rings. The van der Waals surface area contributed by atoms with E-state index in [0.29, 0.717) is 12.2 Å². The van der Waals surface area contributed by atoms with E-state index in [0.717, 1.165) is 11.2 Å². The van der Waals surface area contributed by atoms with Gasteiger partial charge in [-0.05, 0) is 49.1 Å². The molecule has 0 radical (unpaired) electrons. The van der Waals surface area contributed by atoms with Gasteiger partial charge in [0.2, 0.25) is 5.91 Å². The van der Waals surface area contributed by atoms with Crippen LogP contribution in [0.5, 0.6) is 0 Å². The minimum absolute atomic E-state index is 0.291. The van der Waals surface area contributed by atoms with Crippen LogP contribution in [0, 0.1) is 19.8 Å². The largest absolute Gasteiger partial charge is 0.309 e. The van der Waals surface area contributed by atoms with Crippen LogP contribution >= 0.6 is 0 Å². The molecule has 2 aromatic heterocycles. The van der Waals surface area contributed by atoms with E-state index in [-0.39, 0.29) is 5.91 Å². The van der Waals surface area contributed by atoms with Gasteiger partial charge in [-0.1, -0.05) is 23.8 Å². The number of carbonyl (C=O) groups excluding carboxylic acids is 1. The molecule has 5 heteroatoms. The van der Waals surface area contributed by atoms with Crippen molar-refractivity contribution in [1.82, 2.24) is 9.38 Å². The van der Waals surface area contributed by atoms with E-state index in [9.17, 15) is 9.18 Å². The number of pyridine rings is 1. The number of halogens is 1. The summed E-state index contributed by atoms with van der Waals surface area (Å²) in [5, 5.41) is 2.69. The van der Waals surface area contributed by atoms with E-state index < -0.39 is 12.1 Å².